The van der Waals surface area contributed by atoms with Crippen molar-refractivity contribution in [3.63, 3.8) is 0 Å². The summed E-state index contributed by atoms with van der Waals surface area (Å²) in [7, 11) is -2.82. The smallest absolute Gasteiger partial charge is 0.310 e. The standard InChI is InChI=1S/C39H54N2O4Si/c1-29(2)28-34(36(42)41-40)35(37(43)45-38(3,4)5)31(25-24-30-18-12-9-13-19-30)26-27-44-46(39(6,7)8,32-20-14-10-15-21-32)33-22-16-11-17-23-33/h9-25,29,31,34-35H,26-28,40H2,1-8H3,(H,41,42)/b25-24+/t31?,34-,35+/m1/s1. The largest absolute Gasteiger partial charge is 0.460 e. The van der Waals surface area contributed by atoms with Crippen LogP contribution >= 0.6 is 0 Å². The first kappa shape index (κ1) is 36.9. The van der Waals surface area contributed by atoms with E-state index in [0.29, 0.717) is 19.4 Å². The molecule has 0 aliphatic heterocycles. The van der Waals surface area contributed by atoms with E-state index < -0.39 is 31.7 Å². The molecule has 0 aliphatic rings. The molecular formula is C39H54N2O4Si. The lowest BCUT2D eigenvalue weighted by atomic mass is 9.75. The van der Waals surface area contributed by atoms with E-state index in [9.17, 15) is 9.59 Å². The normalized spacial score (nSPS) is 14.6. The molecule has 0 radical (unpaired) electrons. The lowest BCUT2D eigenvalue weighted by molar-refractivity contribution is -0.166. The van der Waals surface area contributed by atoms with E-state index in [1.807, 2.05) is 83.2 Å². The van der Waals surface area contributed by atoms with Crippen LogP contribution in [0.1, 0.15) is 73.8 Å². The van der Waals surface area contributed by atoms with Crippen LogP contribution in [0.3, 0.4) is 0 Å². The molecule has 0 aliphatic carbocycles. The molecule has 1 amide bonds. The van der Waals surface area contributed by atoms with Crippen LogP contribution in [0, 0.1) is 23.7 Å². The third-order valence-electron chi connectivity index (χ3n) is 8.30. The third kappa shape index (κ3) is 9.74. The van der Waals surface area contributed by atoms with Gasteiger partial charge in [-0.1, -0.05) is 138 Å². The Morgan fingerprint density at radius 1 is 0.826 bits per heavy atom. The predicted molar refractivity (Wildman–Crippen MR) is 192 cm³/mol. The third-order valence-corrected chi connectivity index (χ3v) is 13.3. The number of nitrogens with one attached hydrogen (secondary N) is 1. The molecule has 0 fully saturated rings. The number of carbonyl (C=O) groups excluding carboxylic acids is 2. The monoisotopic (exact) mass is 642 g/mol. The van der Waals surface area contributed by atoms with Gasteiger partial charge in [0.05, 0.1) is 11.8 Å². The quantitative estimate of drug-likeness (QED) is 0.0657. The van der Waals surface area contributed by atoms with E-state index in [-0.39, 0.29) is 22.8 Å². The fourth-order valence-corrected chi connectivity index (χ4v) is 10.9. The lowest BCUT2D eigenvalue weighted by Crippen LogP contribution is -2.66. The summed E-state index contributed by atoms with van der Waals surface area (Å²) in [5.41, 5.74) is 2.63. The van der Waals surface area contributed by atoms with Gasteiger partial charge in [-0.05, 0) is 66.4 Å². The molecule has 0 bridgehead atoms. The molecule has 3 atom stereocenters. The van der Waals surface area contributed by atoms with Crippen LogP contribution in [-0.4, -0.2) is 32.4 Å². The Morgan fingerprint density at radius 2 is 1.33 bits per heavy atom. The first-order valence-electron chi connectivity index (χ1n) is 16.4. The van der Waals surface area contributed by atoms with Crippen LogP contribution in [-0.2, 0) is 18.8 Å². The SMILES string of the molecule is CC(C)C[C@@H](C(=O)NN)[C@@H](C(=O)OC(C)(C)C)C(/C=C/c1ccccc1)CCO[Si](c1ccccc1)(c1ccccc1)C(C)(C)C. The molecule has 248 valence electrons. The number of hydrogen-bond acceptors (Lipinski definition) is 5. The number of esters is 1. The van der Waals surface area contributed by atoms with E-state index in [4.69, 9.17) is 15.0 Å². The van der Waals surface area contributed by atoms with Gasteiger partial charge < -0.3 is 9.16 Å². The van der Waals surface area contributed by atoms with E-state index in [0.717, 1.165) is 5.56 Å². The summed E-state index contributed by atoms with van der Waals surface area (Å²) in [5.74, 6) is 3.28. The number of nitrogens with two attached hydrogens (primary N) is 1. The van der Waals surface area contributed by atoms with Crippen molar-refractivity contribution in [2.75, 3.05) is 6.61 Å². The van der Waals surface area contributed by atoms with Crippen LogP contribution in [0.4, 0.5) is 0 Å². The highest BCUT2D eigenvalue weighted by Crippen LogP contribution is 2.38. The van der Waals surface area contributed by atoms with E-state index in [2.05, 4.69) is 80.8 Å². The molecule has 0 aromatic heterocycles. The molecule has 7 heteroatoms. The zero-order valence-electron chi connectivity index (χ0n) is 29.0. The fraction of sp³-hybridized carbons (Fsp3) is 0.436. The average Bonchev–Trinajstić information content (AvgIpc) is 3.00. The highest BCUT2D eigenvalue weighted by molar-refractivity contribution is 6.99. The predicted octanol–water partition coefficient (Wildman–Crippen LogP) is 6.89. The van der Waals surface area contributed by atoms with Gasteiger partial charge in [0.2, 0.25) is 5.91 Å². The number of hydrazine groups is 1. The first-order valence-corrected chi connectivity index (χ1v) is 18.3. The Kier molecular flexibility index (Phi) is 13.1. The van der Waals surface area contributed by atoms with Gasteiger partial charge in [-0.15, -0.1) is 0 Å². The van der Waals surface area contributed by atoms with Crippen LogP contribution in [0.2, 0.25) is 5.04 Å². The minimum atomic E-state index is -2.82. The number of hydrogen-bond donors (Lipinski definition) is 2. The van der Waals surface area contributed by atoms with Gasteiger partial charge in [0.15, 0.2) is 0 Å². The molecule has 3 rings (SSSR count). The molecule has 3 N–H and O–H groups in total. The molecule has 3 aromatic carbocycles. The molecule has 0 heterocycles. The van der Waals surface area contributed by atoms with Crippen LogP contribution < -0.4 is 21.6 Å². The molecule has 46 heavy (non-hydrogen) atoms. The van der Waals surface area contributed by atoms with Crippen molar-refractivity contribution in [1.29, 1.82) is 0 Å². The minimum absolute atomic E-state index is 0.152. The van der Waals surface area contributed by atoms with Crippen molar-refractivity contribution in [3.8, 4) is 0 Å². The van der Waals surface area contributed by atoms with Crippen molar-refractivity contribution in [2.24, 2.45) is 29.5 Å². The number of benzene rings is 3. The van der Waals surface area contributed by atoms with Crippen molar-refractivity contribution in [2.45, 2.75) is 78.9 Å². The highest BCUT2D eigenvalue weighted by atomic mass is 28.4. The summed E-state index contributed by atoms with van der Waals surface area (Å²) < 4.78 is 13.3. The van der Waals surface area contributed by atoms with Gasteiger partial charge in [-0.25, -0.2) is 5.84 Å². The van der Waals surface area contributed by atoms with Crippen LogP contribution in [0.25, 0.3) is 6.08 Å². The zero-order chi connectivity index (χ0) is 34.0. The molecule has 1 unspecified atom stereocenters. The Morgan fingerprint density at radius 3 is 1.76 bits per heavy atom. The van der Waals surface area contributed by atoms with Crippen molar-refractivity contribution in [3.05, 3.63) is 103 Å². The van der Waals surface area contributed by atoms with Crippen molar-refractivity contribution < 1.29 is 18.8 Å². The van der Waals surface area contributed by atoms with E-state index in [1.54, 1.807) is 0 Å². The number of allylic oxidation sites excluding steroid dienone is 1. The van der Waals surface area contributed by atoms with E-state index >= 15 is 0 Å². The molecule has 0 spiro atoms. The second-order valence-corrected chi connectivity index (χ2v) is 18.8. The molecule has 0 saturated carbocycles. The number of ether oxygens (including phenoxy) is 1. The summed E-state index contributed by atoms with van der Waals surface area (Å²) in [6.45, 7) is 16.8. The van der Waals surface area contributed by atoms with Gasteiger partial charge in [0.25, 0.3) is 8.32 Å². The summed E-state index contributed by atoms with van der Waals surface area (Å²) >= 11 is 0. The topological polar surface area (TPSA) is 90.7 Å². The van der Waals surface area contributed by atoms with Gasteiger partial charge in [0, 0.05) is 6.61 Å². The van der Waals surface area contributed by atoms with Gasteiger partial charge >= 0.3 is 5.97 Å². The van der Waals surface area contributed by atoms with Gasteiger partial charge in [-0.3, -0.25) is 15.0 Å². The molecule has 0 saturated heterocycles. The summed E-state index contributed by atoms with van der Waals surface area (Å²) in [6.07, 6.45) is 5.07. The van der Waals surface area contributed by atoms with Crippen molar-refractivity contribution in [1.82, 2.24) is 5.43 Å². The highest BCUT2D eigenvalue weighted by Gasteiger charge is 2.50. The lowest BCUT2D eigenvalue weighted by Gasteiger charge is -2.43. The number of carbonyl (C=O) groups is 2. The molecule has 3 aromatic rings. The maximum atomic E-state index is 14.1. The second-order valence-electron chi connectivity index (χ2n) is 14.5. The Balaban J connectivity index is 2.13. The second kappa shape index (κ2) is 16.3. The number of rotatable bonds is 14. The summed E-state index contributed by atoms with van der Waals surface area (Å²) in [4.78, 5) is 27.5. The summed E-state index contributed by atoms with van der Waals surface area (Å²) in [5, 5.41) is 2.18. The van der Waals surface area contributed by atoms with Gasteiger partial charge in [-0.2, -0.15) is 0 Å². The minimum Gasteiger partial charge on any atom is -0.460 e. The zero-order valence-corrected chi connectivity index (χ0v) is 30.0. The van der Waals surface area contributed by atoms with Crippen LogP contribution in [0.15, 0.2) is 97.1 Å². The Hall–Kier alpha value is -3.52. The van der Waals surface area contributed by atoms with Gasteiger partial charge in [0.1, 0.15) is 5.60 Å². The first-order chi connectivity index (χ1) is 21.7. The fourth-order valence-electron chi connectivity index (χ4n) is 6.34. The average molecular weight is 643 g/mol. The number of amides is 1. The Bertz CT molecular complexity index is 1360. The maximum absolute atomic E-state index is 14.1. The maximum Gasteiger partial charge on any atom is 0.310 e. The van der Waals surface area contributed by atoms with Crippen LogP contribution in [0.5, 0.6) is 0 Å². The van der Waals surface area contributed by atoms with Crippen molar-refractivity contribution >= 4 is 36.6 Å². The molecule has 6 nitrogen and oxygen atoms in total. The Labute approximate surface area is 277 Å². The summed E-state index contributed by atoms with van der Waals surface area (Å²) in [6, 6.07) is 31.0. The molecular weight excluding hydrogens is 589 g/mol. The van der Waals surface area contributed by atoms with E-state index in [1.165, 1.54) is 10.4 Å².